The van der Waals surface area contributed by atoms with Crippen molar-refractivity contribution >= 4 is 63.6 Å². The highest BCUT2D eigenvalue weighted by Crippen LogP contribution is 2.51. The fraction of sp³-hybridized carbons (Fsp3) is 0.360. The maximum absolute atomic E-state index is 15.1. The maximum atomic E-state index is 15.1. The highest BCUT2D eigenvalue weighted by atomic mass is 35.5. The van der Waals surface area contributed by atoms with Gasteiger partial charge in [0.2, 0.25) is 0 Å². The van der Waals surface area contributed by atoms with Crippen LogP contribution in [-0.2, 0) is 6.18 Å². The third kappa shape index (κ3) is 8.26. The molecule has 1 atom stereocenters. The van der Waals surface area contributed by atoms with Gasteiger partial charge in [-0.25, -0.2) is 4.39 Å². The van der Waals surface area contributed by atoms with Crippen molar-refractivity contribution in [1.82, 2.24) is 5.32 Å². The lowest BCUT2D eigenvalue weighted by Gasteiger charge is -2.20. The van der Waals surface area contributed by atoms with Crippen LogP contribution in [0.5, 0.6) is 0 Å². The van der Waals surface area contributed by atoms with Crippen LogP contribution < -0.4 is 5.32 Å². The van der Waals surface area contributed by atoms with E-state index in [-0.39, 0.29) is 45.0 Å². The molecule has 0 aliphatic heterocycles. The van der Waals surface area contributed by atoms with Gasteiger partial charge in [0.05, 0.1) is 25.6 Å². The first kappa shape index (κ1) is 33.4. The Balaban J connectivity index is 1.96. The molecule has 1 aliphatic rings. The lowest BCUT2D eigenvalue weighted by molar-refractivity contribution is -0.140. The van der Waals surface area contributed by atoms with Crippen molar-refractivity contribution in [2.75, 3.05) is 6.54 Å². The van der Waals surface area contributed by atoms with E-state index in [0.717, 1.165) is 12.1 Å². The van der Waals surface area contributed by atoms with Crippen molar-refractivity contribution in [3.63, 3.8) is 0 Å². The molecule has 0 heterocycles. The van der Waals surface area contributed by atoms with Crippen LogP contribution in [0.2, 0.25) is 15.1 Å². The molecule has 0 amide bonds. The number of rotatable bonds is 8. The number of nitrogens with one attached hydrogen (secondary N) is 1. The standard InChI is InChI=1S/C25H16Cl3F10NOS/c26-16-6-12(7-17(27)20(16)28)14(24(33,34)35)8-18(29)11-1-2-13(15(5-11)25(36,37)38)19(40)9-22(3-4-22)21(41)39-10-23(30,31)32/h1-2,5-8,14H,3-4,9-10H2,(H,39,41)/b18-8-. The van der Waals surface area contributed by atoms with E-state index in [9.17, 15) is 44.3 Å². The zero-order valence-corrected chi connectivity index (χ0v) is 23.2. The van der Waals surface area contributed by atoms with Gasteiger partial charge in [0, 0.05) is 23.0 Å². The van der Waals surface area contributed by atoms with Gasteiger partial charge in [0.25, 0.3) is 0 Å². The van der Waals surface area contributed by atoms with Crippen LogP contribution in [0, 0.1) is 5.41 Å². The number of alkyl halides is 9. The summed E-state index contributed by atoms with van der Waals surface area (Å²) in [5.41, 5.74) is -5.42. The summed E-state index contributed by atoms with van der Waals surface area (Å²) in [6.45, 7) is -1.50. The highest BCUT2D eigenvalue weighted by molar-refractivity contribution is 7.80. The smallest absolute Gasteiger partial charge is 0.371 e. The van der Waals surface area contributed by atoms with Crippen LogP contribution in [0.4, 0.5) is 43.9 Å². The van der Waals surface area contributed by atoms with Gasteiger partial charge in [-0.3, -0.25) is 4.79 Å². The number of thiocarbonyl (C=S) groups is 1. The summed E-state index contributed by atoms with van der Waals surface area (Å²) in [6, 6.07) is 3.01. The number of carbonyl (C=O) groups excluding carboxylic acids is 1. The largest absolute Gasteiger partial charge is 0.417 e. The molecule has 0 saturated heterocycles. The van der Waals surface area contributed by atoms with Crippen molar-refractivity contribution in [3.05, 3.63) is 73.7 Å². The molecule has 0 bridgehead atoms. The van der Waals surface area contributed by atoms with Gasteiger partial charge in [0.15, 0.2) is 5.78 Å². The third-order valence-electron chi connectivity index (χ3n) is 6.22. The number of Topliss-reactive ketones (excluding diaryl/α,β-unsaturated/α-hetero) is 1. The summed E-state index contributed by atoms with van der Waals surface area (Å²) < 4.78 is 136. The zero-order valence-electron chi connectivity index (χ0n) is 20.1. The molecule has 1 aliphatic carbocycles. The van der Waals surface area contributed by atoms with Gasteiger partial charge in [-0.05, 0) is 42.7 Å². The summed E-state index contributed by atoms with van der Waals surface area (Å²) in [5.74, 6) is -5.53. The molecular formula is C25H16Cl3F10NOS. The summed E-state index contributed by atoms with van der Waals surface area (Å²) in [5, 5.41) is 0.954. The van der Waals surface area contributed by atoms with Gasteiger partial charge < -0.3 is 5.32 Å². The van der Waals surface area contributed by atoms with Crippen LogP contribution in [-0.4, -0.2) is 29.7 Å². The SMILES string of the molecule is O=C(CC1(C(=S)NCC(F)(F)F)CC1)c1ccc(/C(F)=C/C(c2cc(Cl)c(Cl)c(Cl)c2)C(F)(F)F)cc1C(F)(F)F. The molecule has 1 saturated carbocycles. The van der Waals surface area contributed by atoms with Crippen LogP contribution in [0.1, 0.15) is 52.2 Å². The number of benzene rings is 2. The molecule has 2 aromatic carbocycles. The number of hydrogen-bond donors (Lipinski definition) is 1. The maximum Gasteiger partial charge on any atom is 0.417 e. The van der Waals surface area contributed by atoms with E-state index in [4.69, 9.17) is 47.0 Å². The summed E-state index contributed by atoms with van der Waals surface area (Å²) in [7, 11) is 0. The summed E-state index contributed by atoms with van der Waals surface area (Å²) >= 11 is 22.2. The van der Waals surface area contributed by atoms with E-state index in [0.29, 0.717) is 12.1 Å². The average Bonchev–Trinajstić information content (AvgIpc) is 3.62. The summed E-state index contributed by atoms with van der Waals surface area (Å²) in [4.78, 5) is 12.5. The molecule has 3 rings (SSSR count). The van der Waals surface area contributed by atoms with Gasteiger partial charge in [0.1, 0.15) is 18.3 Å². The van der Waals surface area contributed by atoms with E-state index >= 15 is 4.39 Å². The van der Waals surface area contributed by atoms with Gasteiger partial charge in [-0.2, -0.15) is 39.5 Å². The molecule has 2 nitrogen and oxygen atoms in total. The average molecular weight is 675 g/mol. The first-order chi connectivity index (χ1) is 18.6. The van der Waals surface area contributed by atoms with Crippen LogP contribution in [0.3, 0.4) is 0 Å². The topological polar surface area (TPSA) is 29.1 Å². The Bertz CT molecular complexity index is 1360. The van der Waals surface area contributed by atoms with Gasteiger partial charge >= 0.3 is 18.5 Å². The predicted octanol–water partition coefficient (Wildman–Crippen LogP) is 10.2. The minimum absolute atomic E-state index is 0.0246. The molecule has 1 N–H and O–H groups in total. The van der Waals surface area contributed by atoms with Crippen LogP contribution >= 0.6 is 47.0 Å². The fourth-order valence-corrected chi connectivity index (χ4v) is 4.91. The number of hydrogen-bond acceptors (Lipinski definition) is 2. The Kier molecular flexibility index (Phi) is 9.69. The second-order valence-electron chi connectivity index (χ2n) is 9.27. The minimum Gasteiger partial charge on any atom is -0.371 e. The van der Waals surface area contributed by atoms with Crippen molar-refractivity contribution in [1.29, 1.82) is 0 Å². The number of halogens is 13. The lowest BCUT2D eigenvalue weighted by atomic mass is 9.91. The van der Waals surface area contributed by atoms with Crippen molar-refractivity contribution in [3.8, 4) is 0 Å². The highest BCUT2D eigenvalue weighted by Gasteiger charge is 2.50. The number of ketones is 1. The zero-order chi connectivity index (χ0) is 31.1. The van der Waals surface area contributed by atoms with Crippen molar-refractivity contribution in [2.24, 2.45) is 5.41 Å². The molecule has 0 spiro atoms. The molecule has 1 unspecified atom stereocenters. The summed E-state index contributed by atoms with van der Waals surface area (Å²) in [6.07, 6.45) is -15.3. The van der Waals surface area contributed by atoms with Crippen LogP contribution in [0.15, 0.2) is 36.4 Å². The minimum atomic E-state index is -5.24. The molecule has 2 aromatic rings. The molecule has 1 fully saturated rings. The van der Waals surface area contributed by atoms with E-state index in [2.05, 4.69) is 0 Å². The third-order valence-corrected chi connectivity index (χ3v) is 7.99. The Hall–Kier alpha value is -2.09. The Morgan fingerprint density at radius 2 is 1.54 bits per heavy atom. The molecule has 16 heteroatoms. The number of carbonyl (C=O) groups is 1. The van der Waals surface area contributed by atoms with E-state index < -0.39 is 76.7 Å². The molecule has 0 aromatic heterocycles. The van der Waals surface area contributed by atoms with Gasteiger partial charge in [-0.15, -0.1) is 0 Å². The van der Waals surface area contributed by atoms with E-state index in [1.807, 2.05) is 5.32 Å². The van der Waals surface area contributed by atoms with E-state index in [1.54, 1.807) is 0 Å². The van der Waals surface area contributed by atoms with Crippen molar-refractivity contribution < 1.29 is 48.7 Å². The first-order valence-electron chi connectivity index (χ1n) is 11.3. The predicted molar refractivity (Wildman–Crippen MR) is 138 cm³/mol. The Morgan fingerprint density at radius 1 is 0.976 bits per heavy atom. The lowest BCUT2D eigenvalue weighted by Crippen LogP contribution is -2.38. The monoisotopic (exact) mass is 673 g/mol. The quantitative estimate of drug-likeness (QED) is 0.131. The second kappa shape index (κ2) is 11.9. The number of allylic oxidation sites excluding steroid dienone is 1. The fourth-order valence-electron chi connectivity index (χ4n) is 3.95. The molecule has 41 heavy (non-hydrogen) atoms. The van der Waals surface area contributed by atoms with E-state index in [1.165, 1.54) is 0 Å². The second-order valence-corrected chi connectivity index (χ2v) is 10.9. The Morgan fingerprint density at radius 3 is 2.00 bits per heavy atom. The normalized spacial score (nSPS) is 16.4. The first-order valence-corrected chi connectivity index (χ1v) is 12.9. The molecule has 224 valence electrons. The van der Waals surface area contributed by atoms with Crippen LogP contribution in [0.25, 0.3) is 5.83 Å². The Labute approximate surface area is 246 Å². The van der Waals surface area contributed by atoms with Gasteiger partial charge in [-0.1, -0.05) is 59.2 Å². The molecule has 0 radical (unpaired) electrons. The van der Waals surface area contributed by atoms with Crippen molar-refractivity contribution in [2.45, 2.75) is 43.7 Å². The molecular weight excluding hydrogens is 659 g/mol.